The number of hydrogen-bond donors (Lipinski definition) is 1. The van der Waals surface area contributed by atoms with E-state index in [4.69, 9.17) is 0 Å². The smallest absolute Gasteiger partial charge is 0.0252 e. The normalized spacial score (nSPS) is 23.4. The van der Waals surface area contributed by atoms with Gasteiger partial charge < -0.3 is 5.32 Å². The zero-order valence-corrected chi connectivity index (χ0v) is 14.1. The summed E-state index contributed by atoms with van der Waals surface area (Å²) >= 11 is 0. The lowest BCUT2D eigenvalue weighted by atomic mass is 9.87. The van der Waals surface area contributed by atoms with Crippen LogP contribution < -0.4 is 5.32 Å². The van der Waals surface area contributed by atoms with E-state index >= 15 is 0 Å². The molecular weight excluding hydrogens is 244 g/mol. The SMILES string of the molecule is CCNC(C)(C)CN(C1CCCCC1)C1CCCCC1. The van der Waals surface area contributed by atoms with Gasteiger partial charge in [-0.25, -0.2) is 0 Å². The van der Waals surface area contributed by atoms with Gasteiger partial charge in [0.25, 0.3) is 0 Å². The zero-order valence-electron chi connectivity index (χ0n) is 14.1. The highest BCUT2D eigenvalue weighted by Crippen LogP contribution is 2.31. The van der Waals surface area contributed by atoms with E-state index in [-0.39, 0.29) is 5.54 Å². The van der Waals surface area contributed by atoms with Gasteiger partial charge in [0.2, 0.25) is 0 Å². The number of nitrogens with zero attached hydrogens (tertiary/aromatic N) is 1. The maximum absolute atomic E-state index is 3.69. The fraction of sp³-hybridized carbons (Fsp3) is 1.00. The average molecular weight is 280 g/mol. The van der Waals surface area contributed by atoms with Gasteiger partial charge in [0.1, 0.15) is 0 Å². The van der Waals surface area contributed by atoms with Crippen LogP contribution in [0.4, 0.5) is 0 Å². The quantitative estimate of drug-likeness (QED) is 0.778. The molecule has 2 rings (SSSR count). The van der Waals surface area contributed by atoms with Crippen LogP contribution in [0.1, 0.15) is 85.0 Å². The fourth-order valence-corrected chi connectivity index (χ4v) is 4.37. The van der Waals surface area contributed by atoms with Crippen LogP contribution in [-0.4, -0.2) is 35.6 Å². The highest BCUT2D eigenvalue weighted by atomic mass is 15.2. The number of hydrogen-bond acceptors (Lipinski definition) is 2. The van der Waals surface area contributed by atoms with Crippen molar-refractivity contribution in [1.82, 2.24) is 10.2 Å². The molecule has 2 aliphatic rings. The van der Waals surface area contributed by atoms with Crippen LogP contribution in [0, 0.1) is 0 Å². The molecule has 2 saturated carbocycles. The number of rotatable bonds is 6. The molecule has 0 bridgehead atoms. The summed E-state index contributed by atoms with van der Waals surface area (Å²) in [7, 11) is 0. The molecule has 118 valence electrons. The minimum absolute atomic E-state index is 0.254. The lowest BCUT2D eigenvalue weighted by molar-refractivity contribution is 0.0559. The van der Waals surface area contributed by atoms with Crippen molar-refractivity contribution in [3.05, 3.63) is 0 Å². The standard InChI is InChI=1S/C18H36N2/c1-4-19-18(2,3)15-20(16-11-7-5-8-12-16)17-13-9-6-10-14-17/h16-17,19H,4-15H2,1-3H3. The second-order valence-corrected chi connectivity index (χ2v) is 7.67. The second-order valence-electron chi connectivity index (χ2n) is 7.67. The number of nitrogens with one attached hydrogen (secondary N) is 1. The van der Waals surface area contributed by atoms with Crippen LogP contribution in [0.25, 0.3) is 0 Å². The first-order valence-electron chi connectivity index (χ1n) is 9.13. The first-order valence-corrected chi connectivity index (χ1v) is 9.13. The maximum Gasteiger partial charge on any atom is 0.0252 e. The molecule has 0 unspecified atom stereocenters. The molecule has 0 aromatic rings. The van der Waals surface area contributed by atoms with Crippen molar-refractivity contribution in [3.8, 4) is 0 Å². The lowest BCUT2D eigenvalue weighted by Crippen LogP contribution is -2.55. The Hall–Kier alpha value is -0.0800. The first-order chi connectivity index (χ1) is 9.62. The van der Waals surface area contributed by atoms with Crippen LogP contribution in [0.2, 0.25) is 0 Å². The van der Waals surface area contributed by atoms with Crippen LogP contribution >= 0.6 is 0 Å². The van der Waals surface area contributed by atoms with Gasteiger partial charge in [-0.1, -0.05) is 45.4 Å². The van der Waals surface area contributed by atoms with E-state index < -0.39 is 0 Å². The topological polar surface area (TPSA) is 15.3 Å². The van der Waals surface area contributed by atoms with Gasteiger partial charge in [-0.3, -0.25) is 4.90 Å². The summed E-state index contributed by atoms with van der Waals surface area (Å²) in [6, 6.07) is 1.73. The lowest BCUT2D eigenvalue weighted by Gasteiger charge is -2.45. The summed E-state index contributed by atoms with van der Waals surface area (Å²) in [4.78, 5) is 2.92. The highest BCUT2D eigenvalue weighted by molar-refractivity contribution is 4.90. The summed E-state index contributed by atoms with van der Waals surface area (Å²) in [5.74, 6) is 0. The third-order valence-corrected chi connectivity index (χ3v) is 5.32. The van der Waals surface area contributed by atoms with E-state index in [1.54, 1.807) is 0 Å². The minimum Gasteiger partial charge on any atom is -0.311 e. The molecular formula is C18H36N2. The van der Waals surface area contributed by atoms with Gasteiger partial charge in [-0.2, -0.15) is 0 Å². The Morgan fingerprint density at radius 2 is 1.30 bits per heavy atom. The Morgan fingerprint density at radius 3 is 1.70 bits per heavy atom. The summed E-state index contributed by atoms with van der Waals surface area (Å²) in [6.45, 7) is 9.31. The van der Waals surface area contributed by atoms with Crippen molar-refractivity contribution in [3.63, 3.8) is 0 Å². The molecule has 1 N–H and O–H groups in total. The molecule has 0 aromatic carbocycles. The van der Waals surface area contributed by atoms with Crippen LogP contribution in [0.15, 0.2) is 0 Å². The van der Waals surface area contributed by atoms with Gasteiger partial charge in [-0.05, 0) is 46.1 Å². The molecule has 0 aromatic heterocycles. The van der Waals surface area contributed by atoms with Crippen molar-refractivity contribution >= 4 is 0 Å². The molecule has 0 saturated heterocycles. The Labute approximate surface area is 126 Å². The summed E-state index contributed by atoms with van der Waals surface area (Å²) < 4.78 is 0. The van der Waals surface area contributed by atoms with Crippen molar-refractivity contribution < 1.29 is 0 Å². The van der Waals surface area contributed by atoms with E-state index in [0.717, 1.165) is 18.6 Å². The molecule has 2 nitrogen and oxygen atoms in total. The van der Waals surface area contributed by atoms with Crippen molar-refractivity contribution in [2.24, 2.45) is 0 Å². The summed E-state index contributed by atoms with van der Waals surface area (Å²) in [6.07, 6.45) is 14.5. The fourth-order valence-electron chi connectivity index (χ4n) is 4.37. The van der Waals surface area contributed by atoms with Gasteiger partial charge >= 0.3 is 0 Å². The molecule has 0 atom stereocenters. The second kappa shape index (κ2) is 7.79. The monoisotopic (exact) mass is 280 g/mol. The van der Waals surface area contributed by atoms with Crippen LogP contribution in [-0.2, 0) is 0 Å². The third kappa shape index (κ3) is 4.73. The predicted molar refractivity (Wildman–Crippen MR) is 88.2 cm³/mol. The molecule has 0 amide bonds. The van der Waals surface area contributed by atoms with Gasteiger partial charge in [0.15, 0.2) is 0 Å². The Kier molecular flexibility index (Phi) is 6.35. The van der Waals surface area contributed by atoms with Gasteiger partial charge in [0.05, 0.1) is 0 Å². The van der Waals surface area contributed by atoms with E-state index in [0.29, 0.717) is 0 Å². The van der Waals surface area contributed by atoms with E-state index in [9.17, 15) is 0 Å². The first kappa shape index (κ1) is 16.3. The molecule has 0 aliphatic heterocycles. The molecule has 0 radical (unpaired) electrons. The van der Waals surface area contributed by atoms with Crippen LogP contribution in [0.5, 0.6) is 0 Å². The van der Waals surface area contributed by atoms with E-state index in [1.807, 2.05) is 0 Å². The van der Waals surface area contributed by atoms with Gasteiger partial charge in [-0.15, -0.1) is 0 Å². The highest BCUT2D eigenvalue weighted by Gasteiger charge is 2.32. The Balaban J connectivity index is 2.01. The molecule has 2 aliphatic carbocycles. The van der Waals surface area contributed by atoms with Crippen molar-refractivity contribution in [2.75, 3.05) is 13.1 Å². The largest absolute Gasteiger partial charge is 0.311 e. The Morgan fingerprint density at radius 1 is 0.850 bits per heavy atom. The molecule has 0 heterocycles. The molecule has 2 fully saturated rings. The van der Waals surface area contributed by atoms with E-state index in [1.165, 1.54) is 70.8 Å². The summed E-state index contributed by atoms with van der Waals surface area (Å²) in [5, 5.41) is 3.69. The van der Waals surface area contributed by atoms with Crippen LogP contribution in [0.3, 0.4) is 0 Å². The summed E-state index contributed by atoms with van der Waals surface area (Å²) in [5.41, 5.74) is 0.254. The maximum atomic E-state index is 3.69. The third-order valence-electron chi connectivity index (χ3n) is 5.32. The average Bonchev–Trinajstić information content (AvgIpc) is 2.47. The van der Waals surface area contributed by atoms with Crippen molar-refractivity contribution in [2.45, 2.75) is 103 Å². The van der Waals surface area contributed by atoms with Crippen molar-refractivity contribution in [1.29, 1.82) is 0 Å². The Bertz CT molecular complexity index is 245. The predicted octanol–water partition coefficient (Wildman–Crippen LogP) is 4.34. The zero-order chi connectivity index (χ0) is 14.4. The molecule has 0 spiro atoms. The number of likely N-dealkylation sites (N-methyl/N-ethyl adjacent to an activating group) is 1. The minimum atomic E-state index is 0.254. The molecule has 2 heteroatoms. The van der Waals surface area contributed by atoms with Gasteiger partial charge in [0, 0.05) is 24.2 Å². The molecule has 20 heavy (non-hydrogen) atoms. The van der Waals surface area contributed by atoms with E-state index in [2.05, 4.69) is 31.0 Å².